The molecule has 0 saturated carbocycles. The van der Waals surface area contributed by atoms with Gasteiger partial charge in [-0.2, -0.15) is 0 Å². The Morgan fingerprint density at radius 3 is 2.55 bits per heavy atom. The molecule has 0 aromatic carbocycles. The zero-order valence-corrected chi connectivity index (χ0v) is 14.2. The van der Waals surface area contributed by atoms with Crippen molar-refractivity contribution in [2.24, 2.45) is 0 Å². The molecule has 0 atom stereocenters. The number of hydrogen-bond acceptors (Lipinski definition) is 2. The molecule has 0 fully saturated rings. The van der Waals surface area contributed by atoms with Gasteiger partial charge in [-0.1, -0.05) is 42.1 Å². The molecule has 2 nitrogen and oxygen atoms in total. The Bertz CT molecular complexity index is 313. The van der Waals surface area contributed by atoms with E-state index >= 15 is 0 Å². The third-order valence-corrected chi connectivity index (χ3v) is 3.32. The van der Waals surface area contributed by atoms with E-state index in [1.807, 2.05) is 6.08 Å². The maximum absolute atomic E-state index is 11.2. The molecule has 114 valence electrons. The van der Waals surface area contributed by atoms with E-state index in [4.69, 9.17) is 4.74 Å². The Labute approximate surface area is 132 Å². The molecule has 3 heteroatoms. The Morgan fingerprint density at radius 2 is 1.85 bits per heavy atom. The Hall–Kier alpha value is -0.750. The van der Waals surface area contributed by atoms with E-state index in [2.05, 4.69) is 34.7 Å². The lowest BCUT2D eigenvalue weighted by Gasteiger charge is -1.96. The first-order valence-corrected chi connectivity index (χ1v) is 8.79. The fourth-order valence-corrected chi connectivity index (χ4v) is 1.87. The summed E-state index contributed by atoms with van der Waals surface area (Å²) in [5.74, 6) is 6.25. The highest BCUT2D eigenvalue weighted by Gasteiger charge is 1.98. The highest BCUT2D eigenvalue weighted by atomic mass is 79.9. The molecule has 0 spiro atoms. The van der Waals surface area contributed by atoms with Crippen molar-refractivity contribution in [1.29, 1.82) is 0 Å². The van der Waals surface area contributed by atoms with Crippen molar-refractivity contribution in [3.05, 3.63) is 12.3 Å². The lowest BCUT2D eigenvalue weighted by molar-refractivity contribution is -0.138. The predicted octanol–water partition coefficient (Wildman–Crippen LogP) is 5.36. The van der Waals surface area contributed by atoms with Gasteiger partial charge in [0.1, 0.15) is 0 Å². The minimum atomic E-state index is -0.160. The van der Waals surface area contributed by atoms with Gasteiger partial charge < -0.3 is 4.74 Å². The second kappa shape index (κ2) is 16.3. The Kier molecular flexibility index (Phi) is 15.7. The van der Waals surface area contributed by atoms with Crippen LogP contribution in [0.1, 0.15) is 71.1 Å². The van der Waals surface area contributed by atoms with Gasteiger partial charge in [0.05, 0.1) is 6.26 Å². The summed E-state index contributed by atoms with van der Waals surface area (Å²) < 4.78 is 4.95. The van der Waals surface area contributed by atoms with Gasteiger partial charge in [-0.3, -0.25) is 4.79 Å². The van der Waals surface area contributed by atoms with E-state index < -0.39 is 0 Å². The number of carbonyl (C=O) groups is 1. The summed E-state index contributed by atoms with van der Waals surface area (Å²) >= 11 is 3.28. The van der Waals surface area contributed by atoms with Crippen LogP contribution in [0.15, 0.2) is 12.3 Å². The summed E-state index contributed by atoms with van der Waals surface area (Å²) in [7, 11) is 0. The fraction of sp³-hybridized carbons (Fsp3) is 0.706. The van der Waals surface area contributed by atoms with Crippen molar-refractivity contribution in [3.63, 3.8) is 0 Å². The molecular formula is C17H27BrO2. The van der Waals surface area contributed by atoms with Crippen LogP contribution >= 0.6 is 15.9 Å². The molecule has 0 radical (unpaired) electrons. The number of hydrogen-bond donors (Lipinski definition) is 0. The van der Waals surface area contributed by atoms with Gasteiger partial charge in [-0.05, 0) is 31.8 Å². The summed E-state index contributed by atoms with van der Waals surface area (Å²) in [6.45, 7) is 2.22. The monoisotopic (exact) mass is 342 g/mol. The highest BCUT2D eigenvalue weighted by molar-refractivity contribution is 9.09. The normalized spacial score (nSPS) is 10.3. The van der Waals surface area contributed by atoms with E-state index in [0.29, 0.717) is 6.42 Å². The van der Waals surface area contributed by atoms with E-state index in [-0.39, 0.29) is 5.97 Å². The summed E-state index contributed by atoms with van der Waals surface area (Å²) in [6, 6.07) is 0. The molecule has 0 aromatic heterocycles. The second-order valence-corrected chi connectivity index (χ2v) is 5.50. The lowest BCUT2D eigenvalue weighted by Crippen LogP contribution is -1.98. The van der Waals surface area contributed by atoms with Crippen LogP contribution in [0.2, 0.25) is 0 Å². The van der Waals surface area contributed by atoms with Crippen LogP contribution in [-0.4, -0.2) is 11.3 Å². The van der Waals surface area contributed by atoms with Gasteiger partial charge in [0.2, 0.25) is 0 Å². The predicted molar refractivity (Wildman–Crippen MR) is 88.6 cm³/mol. The van der Waals surface area contributed by atoms with Crippen LogP contribution in [-0.2, 0) is 9.53 Å². The van der Waals surface area contributed by atoms with Crippen LogP contribution in [0.4, 0.5) is 0 Å². The molecule has 20 heavy (non-hydrogen) atoms. The van der Waals surface area contributed by atoms with Crippen LogP contribution in [0, 0.1) is 11.8 Å². The van der Waals surface area contributed by atoms with Gasteiger partial charge in [0.25, 0.3) is 0 Å². The number of rotatable bonds is 11. The minimum Gasteiger partial charge on any atom is -0.435 e. The Balaban J connectivity index is 3.34. The molecule has 0 saturated heterocycles. The quantitative estimate of drug-likeness (QED) is 0.166. The molecule has 0 aliphatic carbocycles. The topological polar surface area (TPSA) is 26.3 Å². The molecule has 0 N–H and O–H groups in total. The van der Waals surface area contributed by atoms with Crippen molar-refractivity contribution in [2.45, 2.75) is 71.1 Å². The van der Waals surface area contributed by atoms with Crippen LogP contribution in [0.3, 0.4) is 0 Å². The number of carbonyl (C=O) groups excluding carboxylic acids is 1. The molecule has 0 aliphatic heterocycles. The summed E-state index contributed by atoms with van der Waals surface area (Å²) in [6.07, 6.45) is 13.7. The first-order chi connectivity index (χ1) is 9.81. The summed E-state index contributed by atoms with van der Waals surface area (Å²) in [5, 5.41) is 0.836. The molecule has 0 aliphatic rings. The van der Waals surface area contributed by atoms with E-state index in [9.17, 15) is 4.79 Å². The number of alkyl halides is 1. The second-order valence-electron chi connectivity index (χ2n) is 4.71. The van der Waals surface area contributed by atoms with Gasteiger partial charge in [-0.15, -0.1) is 11.8 Å². The molecule has 0 rings (SSSR count). The number of unbranched alkanes of at least 4 members (excludes halogenated alkanes) is 6. The van der Waals surface area contributed by atoms with Gasteiger partial charge in [0.15, 0.2) is 0 Å². The summed E-state index contributed by atoms with van der Waals surface area (Å²) in [4.78, 5) is 11.2. The van der Waals surface area contributed by atoms with Crippen molar-refractivity contribution < 1.29 is 9.53 Å². The zero-order chi connectivity index (χ0) is 14.9. The number of halogens is 1. The minimum absolute atomic E-state index is 0.160. The van der Waals surface area contributed by atoms with Gasteiger partial charge in [-0.25, -0.2) is 0 Å². The maximum atomic E-state index is 11.2. The van der Waals surface area contributed by atoms with Crippen LogP contribution < -0.4 is 0 Å². The lowest BCUT2D eigenvalue weighted by atomic mass is 10.1. The van der Waals surface area contributed by atoms with E-state index in [0.717, 1.165) is 37.4 Å². The molecule has 0 heterocycles. The first kappa shape index (κ1) is 19.2. The van der Waals surface area contributed by atoms with Crippen LogP contribution in [0.5, 0.6) is 0 Å². The fourth-order valence-electron chi connectivity index (χ4n) is 1.59. The third kappa shape index (κ3) is 15.3. The smallest absolute Gasteiger partial charge is 0.310 e. The SMILES string of the molecule is CCCCCCC#CCCC/C=C\OC(=O)CCCBr. The van der Waals surface area contributed by atoms with E-state index in [1.165, 1.54) is 31.9 Å². The van der Waals surface area contributed by atoms with E-state index in [1.54, 1.807) is 0 Å². The molecule has 0 amide bonds. The first-order valence-electron chi connectivity index (χ1n) is 7.67. The highest BCUT2D eigenvalue weighted by Crippen LogP contribution is 2.02. The third-order valence-electron chi connectivity index (χ3n) is 2.76. The number of allylic oxidation sites excluding steroid dienone is 1. The number of ether oxygens (including phenoxy) is 1. The number of esters is 1. The molecule has 0 unspecified atom stereocenters. The van der Waals surface area contributed by atoms with Gasteiger partial charge >= 0.3 is 5.97 Å². The standard InChI is InChI=1S/C17H27BrO2/c1-2-3-4-5-6-7-8-9-10-11-12-16-20-17(19)14-13-15-18/h12,16H,2-6,9-11,13-15H2,1H3/b16-12-. The largest absolute Gasteiger partial charge is 0.435 e. The van der Waals surface area contributed by atoms with Gasteiger partial charge in [0, 0.05) is 24.6 Å². The average molecular weight is 343 g/mol. The molecular weight excluding hydrogens is 316 g/mol. The van der Waals surface area contributed by atoms with Crippen molar-refractivity contribution in [2.75, 3.05) is 5.33 Å². The average Bonchev–Trinajstić information content (AvgIpc) is 2.46. The van der Waals surface area contributed by atoms with Crippen molar-refractivity contribution in [1.82, 2.24) is 0 Å². The molecule has 0 bridgehead atoms. The Morgan fingerprint density at radius 1 is 1.10 bits per heavy atom. The van der Waals surface area contributed by atoms with Crippen molar-refractivity contribution in [3.8, 4) is 11.8 Å². The summed E-state index contributed by atoms with van der Waals surface area (Å²) in [5.41, 5.74) is 0. The van der Waals surface area contributed by atoms with Crippen molar-refractivity contribution >= 4 is 21.9 Å². The molecule has 0 aromatic rings. The van der Waals surface area contributed by atoms with Crippen LogP contribution in [0.25, 0.3) is 0 Å². The zero-order valence-electron chi connectivity index (χ0n) is 12.6. The maximum Gasteiger partial charge on any atom is 0.310 e.